The average Bonchev–Trinajstić information content (AvgIpc) is 2.53. The molecule has 0 aliphatic rings. The van der Waals surface area contributed by atoms with Crippen molar-refractivity contribution in [2.45, 2.75) is 26.8 Å². The van der Waals surface area contributed by atoms with Crippen LogP contribution in [0.15, 0.2) is 47.5 Å². The van der Waals surface area contributed by atoms with Gasteiger partial charge in [-0.15, -0.1) is 0 Å². The minimum atomic E-state index is -0.996. The molecule has 0 amide bonds. The molecule has 0 aromatic heterocycles. The number of aryl methyl sites for hydroxylation is 1. The molecular weight excluding hydrogens is 354 g/mol. The van der Waals surface area contributed by atoms with Crippen molar-refractivity contribution in [3.05, 3.63) is 64.2 Å². The Kier molecular flexibility index (Phi) is 6.52. The maximum absolute atomic E-state index is 12.3. The van der Waals surface area contributed by atoms with E-state index in [0.717, 1.165) is 5.56 Å². The molecule has 0 saturated carbocycles. The van der Waals surface area contributed by atoms with Gasteiger partial charge in [0.2, 0.25) is 0 Å². The van der Waals surface area contributed by atoms with Crippen LogP contribution in [-0.2, 0) is 4.79 Å². The fourth-order valence-corrected chi connectivity index (χ4v) is 2.58. The molecule has 26 heavy (non-hydrogen) atoms. The van der Waals surface area contributed by atoms with Crippen LogP contribution in [0.3, 0.4) is 0 Å². The van der Waals surface area contributed by atoms with Gasteiger partial charge in [-0.3, -0.25) is 4.99 Å². The first-order valence-electron chi connectivity index (χ1n) is 8.11. The van der Waals surface area contributed by atoms with Crippen molar-refractivity contribution in [2.24, 2.45) is 10.9 Å². The molecule has 0 radical (unpaired) electrons. The molecule has 2 aromatic rings. The lowest BCUT2D eigenvalue weighted by atomic mass is 10.1. The Balaban J connectivity index is 2.21. The number of nitrogens with zero attached hydrogens (tertiary/aromatic N) is 1. The van der Waals surface area contributed by atoms with Crippen LogP contribution in [0.4, 0.5) is 0 Å². The third kappa shape index (κ3) is 5.43. The number of carbonyl (C=O) groups excluding carboxylic acids is 1. The van der Waals surface area contributed by atoms with Gasteiger partial charge in [0.15, 0.2) is 0 Å². The molecule has 0 aliphatic heterocycles. The summed E-state index contributed by atoms with van der Waals surface area (Å²) in [6.07, 6.45) is 1.43. The van der Waals surface area contributed by atoms with Gasteiger partial charge in [-0.25, -0.2) is 9.59 Å². The first-order chi connectivity index (χ1) is 12.3. The molecule has 5 nitrogen and oxygen atoms in total. The fraction of sp³-hybridized carbons (Fsp3) is 0.250. The number of rotatable bonds is 6. The zero-order valence-corrected chi connectivity index (χ0v) is 15.5. The van der Waals surface area contributed by atoms with Crippen molar-refractivity contribution in [3.8, 4) is 5.75 Å². The third-order valence-electron chi connectivity index (χ3n) is 3.63. The molecule has 2 aromatic carbocycles. The summed E-state index contributed by atoms with van der Waals surface area (Å²) in [5, 5.41) is 9.55. The monoisotopic (exact) mass is 373 g/mol. The number of hydrogen-bond donors (Lipinski definition) is 1. The quantitative estimate of drug-likeness (QED) is 0.462. The second kappa shape index (κ2) is 8.63. The number of aliphatic imine (C=N–C) groups is 1. The standard InChI is InChI=1S/C20H20ClNO4/c1-12(2)18(19(23)24)22-11-14-8-16(21)10-17(9-14)26-20(25)15-6-4-5-13(3)7-15/h4-12,18H,1-3H3,(H,23,24). The van der Waals surface area contributed by atoms with Crippen LogP contribution in [0.25, 0.3) is 0 Å². The van der Waals surface area contributed by atoms with Gasteiger partial charge < -0.3 is 9.84 Å². The van der Waals surface area contributed by atoms with E-state index in [1.807, 2.05) is 13.0 Å². The molecule has 0 bridgehead atoms. The number of hydrogen-bond acceptors (Lipinski definition) is 4. The van der Waals surface area contributed by atoms with Crippen LogP contribution >= 0.6 is 11.6 Å². The Bertz CT molecular complexity index is 845. The minimum Gasteiger partial charge on any atom is -0.480 e. The second-order valence-electron chi connectivity index (χ2n) is 6.28. The molecule has 0 fully saturated rings. The van der Waals surface area contributed by atoms with Crippen molar-refractivity contribution in [1.82, 2.24) is 0 Å². The number of ether oxygens (including phenoxy) is 1. The van der Waals surface area contributed by atoms with Crippen LogP contribution < -0.4 is 4.74 Å². The second-order valence-corrected chi connectivity index (χ2v) is 6.72. The lowest BCUT2D eigenvalue weighted by Crippen LogP contribution is -2.24. The molecule has 0 spiro atoms. The van der Waals surface area contributed by atoms with Crippen LogP contribution in [0.1, 0.15) is 35.3 Å². The number of aliphatic carboxylic acids is 1. The third-order valence-corrected chi connectivity index (χ3v) is 3.84. The van der Waals surface area contributed by atoms with Gasteiger partial charge in [-0.1, -0.05) is 43.1 Å². The number of carbonyl (C=O) groups is 2. The van der Waals surface area contributed by atoms with Gasteiger partial charge in [0.25, 0.3) is 0 Å². The molecule has 0 aliphatic carbocycles. The van der Waals surface area contributed by atoms with E-state index >= 15 is 0 Å². The van der Waals surface area contributed by atoms with E-state index in [4.69, 9.17) is 16.3 Å². The first kappa shape index (κ1) is 19.7. The summed E-state index contributed by atoms with van der Waals surface area (Å²) in [6, 6.07) is 10.9. The molecule has 136 valence electrons. The van der Waals surface area contributed by atoms with E-state index in [1.54, 1.807) is 44.2 Å². The molecule has 2 rings (SSSR count). The summed E-state index contributed by atoms with van der Waals surface area (Å²) >= 11 is 6.08. The Hall–Kier alpha value is -2.66. The maximum atomic E-state index is 12.3. The van der Waals surface area contributed by atoms with Crippen LogP contribution in [0.5, 0.6) is 5.75 Å². The van der Waals surface area contributed by atoms with Crippen molar-refractivity contribution in [2.75, 3.05) is 0 Å². The van der Waals surface area contributed by atoms with Gasteiger partial charge in [-0.2, -0.15) is 0 Å². The molecule has 1 N–H and O–H groups in total. The van der Waals surface area contributed by atoms with E-state index < -0.39 is 18.0 Å². The Labute approximate surface area is 157 Å². The summed E-state index contributed by atoms with van der Waals surface area (Å²) in [5.74, 6) is -1.38. The molecule has 6 heteroatoms. The van der Waals surface area contributed by atoms with E-state index in [-0.39, 0.29) is 11.7 Å². The SMILES string of the molecule is Cc1cccc(C(=O)Oc2cc(Cl)cc(C=NC(C(=O)O)C(C)C)c2)c1. The van der Waals surface area contributed by atoms with Gasteiger partial charge in [0.05, 0.1) is 5.56 Å². The van der Waals surface area contributed by atoms with Crippen molar-refractivity contribution in [1.29, 1.82) is 0 Å². The highest BCUT2D eigenvalue weighted by Gasteiger charge is 2.19. The summed E-state index contributed by atoms with van der Waals surface area (Å²) in [5.41, 5.74) is 1.94. The van der Waals surface area contributed by atoms with Crippen LogP contribution in [0, 0.1) is 12.8 Å². The van der Waals surface area contributed by atoms with E-state index in [9.17, 15) is 14.7 Å². The van der Waals surface area contributed by atoms with Gasteiger partial charge in [0.1, 0.15) is 11.8 Å². The van der Waals surface area contributed by atoms with E-state index in [2.05, 4.69) is 4.99 Å². The highest BCUT2D eigenvalue weighted by molar-refractivity contribution is 6.31. The Morgan fingerprint density at radius 3 is 2.54 bits per heavy atom. The number of benzene rings is 2. The molecular formula is C20H20ClNO4. The van der Waals surface area contributed by atoms with E-state index in [0.29, 0.717) is 16.1 Å². The van der Waals surface area contributed by atoms with Gasteiger partial charge in [0, 0.05) is 11.2 Å². The molecule has 0 saturated heterocycles. The lowest BCUT2D eigenvalue weighted by molar-refractivity contribution is -0.139. The van der Waals surface area contributed by atoms with Gasteiger partial charge >= 0.3 is 11.9 Å². The summed E-state index contributed by atoms with van der Waals surface area (Å²) in [7, 11) is 0. The largest absolute Gasteiger partial charge is 0.480 e. The number of carboxylic acids is 1. The van der Waals surface area contributed by atoms with Crippen molar-refractivity contribution >= 4 is 29.8 Å². The minimum absolute atomic E-state index is 0.151. The zero-order chi connectivity index (χ0) is 19.3. The summed E-state index contributed by atoms with van der Waals surface area (Å²) in [4.78, 5) is 27.6. The first-order valence-corrected chi connectivity index (χ1v) is 8.49. The Morgan fingerprint density at radius 2 is 1.92 bits per heavy atom. The molecule has 0 heterocycles. The van der Waals surface area contributed by atoms with Crippen molar-refractivity contribution < 1.29 is 19.4 Å². The van der Waals surface area contributed by atoms with Crippen LogP contribution in [-0.4, -0.2) is 29.3 Å². The normalized spacial score (nSPS) is 12.3. The topological polar surface area (TPSA) is 76.0 Å². The molecule has 1 atom stereocenters. The predicted molar refractivity (Wildman–Crippen MR) is 101 cm³/mol. The average molecular weight is 374 g/mol. The summed E-state index contributed by atoms with van der Waals surface area (Å²) < 4.78 is 5.38. The number of carboxylic acid groups (broad SMARTS) is 1. The van der Waals surface area contributed by atoms with Crippen LogP contribution in [0.2, 0.25) is 5.02 Å². The highest BCUT2D eigenvalue weighted by atomic mass is 35.5. The zero-order valence-electron chi connectivity index (χ0n) is 14.8. The van der Waals surface area contributed by atoms with E-state index in [1.165, 1.54) is 12.3 Å². The van der Waals surface area contributed by atoms with Crippen molar-refractivity contribution in [3.63, 3.8) is 0 Å². The molecule has 1 unspecified atom stereocenters. The summed E-state index contributed by atoms with van der Waals surface area (Å²) in [6.45, 7) is 5.45. The Morgan fingerprint density at radius 1 is 1.19 bits per heavy atom. The fourth-order valence-electron chi connectivity index (χ4n) is 2.34. The number of esters is 1. The number of halogens is 1. The van der Waals surface area contributed by atoms with Gasteiger partial charge in [-0.05, 0) is 48.7 Å². The smallest absolute Gasteiger partial charge is 0.343 e. The highest BCUT2D eigenvalue weighted by Crippen LogP contribution is 2.22. The maximum Gasteiger partial charge on any atom is 0.343 e. The lowest BCUT2D eigenvalue weighted by Gasteiger charge is -2.11. The predicted octanol–water partition coefficient (Wildman–Crippen LogP) is 4.40.